The highest BCUT2D eigenvalue weighted by Gasteiger charge is 2.15. The highest BCUT2D eigenvalue weighted by Crippen LogP contribution is 2.30. The molecule has 3 rings (SSSR count). The number of urea groups is 1. The van der Waals surface area contributed by atoms with Gasteiger partial charge in [-0.2, -0.15) is 0 Å². The van der Waals surface area contributed by atoms with Gasteiger partial charge in [-0.25, -0.2) is 9.18 Å². The van der Waals surface area contributed by atoms with E-state index in [0.29, 0.717) is 30.2 Å². The third-order valence-corrected chi connectivity index (χ3v) is 5.09. The number of carbonyl (C=O) groups excluding carboxylic acids is 1. The van der Waals surface area contributed by atoms with Crippen LogP contribution in [0, 0.1) is 5.82 Å². The molecule has 0 spiro atoms. The molecule has 5 nitrogen and oxygen atoms in total. The van der Waals surface area contributed by atoms with Crippen LogP contribution in [-0.2, 0) is 10.5 Å². The largest absolute Gasteiger partial charge is 0.374 e. The van der Waals surface area contributed by atoms with E-state index in [1.165, 1.54) is 17.8 Å². The molecule has 146 valence electrons. The second-order valence-electron chi connectivity index (χ2n) is 5.91. The molecule has 1 aliphatic rings. The number of carbonyl (C=O) groups is 1. The third-order valence-electron chi connectivity index (χ3n) is 3.97. The van der Waals surface area contributed by atoms with Crippen molar-refractivity contribution in [3.8, 4) is 0 Å². The lowest BCUT2D eigenvalue weighted by Gasteiger charge is -2.23. The van der Waals surface area contributed by atoms with Gasteiger partial charge in [0.1, 0.15) is 5.82 Å². The number of halogens is 2. The molecule has 1 saturated heterocycles. The zero-order valence-electron chi connectivity index (χ0n) is 14.7. The predicted molar refractivity (Wildman–Crippen MR) is 109 cm³/mol. The number of ether oxygens (including phenoxy) is 1. The van der Waals surface area contributed by atoms with Crippen molar-refractivity contribution in [2.24, 2.45) is 0 Å². The lowest BCUT2D eigenvalue weighted by atomic mass is 10.2. The standard InChI is InChI=1S/C19H22FN3O2S.ClH/c20-16-6-2-1-5-14(16)13-26-18-8-4-3-7-17(18)23-19(24)22-12-15-11-21-9-10-25-15;/h1-8,15,21H,9-13H2,(H2,22,23,24);1H. The molecule has 1 unspecified atom stereocenters. The Labute approximate surface area is 168 Å². The summed E-state index contributed by atoms with van der Waals surface area (Å²) >= 11 is 1.49. The van der Waals surface area contributed by atoms with Gasteiger partial charge in [0.25, 0.3) is 0 Å². The molecule has 27 heavy (non-hydrogen) atoms. The van der Waals surface area contributed by atoms with Gasteiger partial charge >= 0.3 is 6.03 Å². The number of nitrogens with one attached hydrogen (secondary N) is 3. The van der Waals surface area contributed by atoms with Crippen molar-refractivity contribution < 1.29 is 13.9 Å². The zero-order valence-corrected chi connectivity index (χ0v) is 16.4. The van der Waals surface area contributed by atoms with Crippen LogP contribution in [0.2, 0.25) is 0 Å². The molecule has 1 atom stereocenters. The van der Waals surface area contributed by atoms with Crippen molar-refractivity contribution in [1.82, 2.24) is 10.6 Å². The van der Waals surface area contributed by atoms with E-state index in [1.54, 1.807) is 12.1 Å². The fourth-order valence-corrected chi connectivity index (χ4v) is 3.59. The molecule has 2 aromatic rings. The van der Waals surface area contributed by atoms with Crippen LogP contribution in [-0.4, -0.2) is 38.4 Å². The van der Waals surface area contributed by atoms with Crippen LogP contribution < -0.4 is 16.0 Å². The van der Waals surface area contributed by atoms with E-state index in [-0.39, 0.29) is 30.4 Å². The summed E-state index contributed by atoms with van der Waals surface area (Å²) in [5.41, 5.74) is 1.34. The third kappa shape index (κ3) is 6.70. The van der Waals surface area contributed by atoms with Crippen molar-refractivity contribution in [3.63, 3.8) is 0 Å². The summed E-state index contributed by atoms with van der Waals surface area (Å²) in [6.45, 7) is 2.68. The van der Waals surface area contributed by atoms with Crippen LogP contribution in [0.15, 0.2) is 53.4 Å². The fourth-order valence-electron chi connectivity index (χ4n) is 2.59. The molecule has 0 saturated carbocycles. The highest BCUT2D eigenvalue weighted by atomic mass is 35.5. The fraction of sp³-hybridized carbons (Fsp3) is 0.316. The number of morpholine rings is 1. The van der Waals surface area contributed by atoms with Crippen molar-refractivity contribution >= 4 is 35.9 Å². The first-order valence-electron chi connectivity index (χ1n) is 8.55. The number of amides is 2. The van der Waals surface area contributed by atoms with E-state index < -0.39 is 0 Å². The Morgan fingerprint density at radius 1 is 1.22 bits per heavy atom. The van der Waals surface area contributed by atoms with E-state index in [9.17, 15) is 9.18 Å². The Hall–Kier alpha value is -1.80. The van der Waals surface area contributed by atoms with Gasteiger partial charge in [0.2, 0.25) is 0 Å². The summed E-state index contributed by atoms with van der Waals surface area (Å²) in [4.78, 5) is 13.1. The Bertz CT molecular complexity index is 744. The average Bonchev–Trinajstić information content (AvgIpc) is 2.68. The molecule has 0 bridgehead atoms. The predicted octanol–water partition coefficient (Wildman–Crippen LogP) is 3.65. The smallest absolute Gasteiger partial charge is 0.319 e. The maximum atomic E-state index is 13.8. The number of para-hydroxylation sites is 1. The minimum absolute atomic E-state index is 0. The van der Waals surface area contributed by atoms with Crippen LogP contribution in [0.5, 0.6) is 0 Å². The van der Waals surface area contributed by atoms with Crippen LogP contribution >= 0.6 is 24.2 Å². The van der Waals surface area contributed by atoms with Gasteiger partial charge in [-0.3, -0.25) is 0 Å². The van der Waals surface area contributed by atoms with E-state index in [4.69, 9.17) is 4.74 Å². The number of hydrogen-bond acceptors (Lipinski definition) is 4. The molecule has 0 aromatic heterocycles. The number of rotatable bonds is 6. The Balaban J connectivity index is 0.00000261. The number of thioether (sulfide) groups is 1. The van der Waals surface area contributed by atoms with E-state index >= 15 is 0 Å². The highest BCUT2D eigenvalue weighted by molar-refractivity contribution is 7.98. The summed E-state index contributed by atoms with van der Waals surface area (Å²) in [7, 11) is 0. The van der Waals surface area contributed by atoms with Gasteiger partial charge in [-0.1, -0.05) is 30.3 Å². The summed E-state index contributed by atoms with van der Waals surface area (Å²) in [5.74, 6) is 0.276. The molecular formula is C19H23ClFN3O2S. The molecule has 3 N–H and O–H groups in total. The number of hydrogen-bond donors (Lipinski definition) is 3. The van der Waals surface area contributed by atoms with Crippen LogP contribution in [0.3, 0.4) is 0 Å². The lowest BCUT2D eigenvalue weighted by Crippen LogP contribution is -2.46. The Morgan fingerprint density at radius 3 is 2.78 bits per heavy atom. The molecule has 2 aromatic carbocycles. The van der Waals surface area contributed by atoms with Gasteiger partial charge in [0, 0.05) is 30.3 Å². The average molecular weight is 412 g/mol. The quantitative estimate of drug-likeness (QED) is 0.635. The van der Waals surface area contributed by atoms with Gasteiger partial charge in [0.15, 0.2) is 0 Å². The minimum atomic E-state index is -0.280. The second-order valence-corrected chi connectivity index (χ2v) is 6.93. The molecule has 8 heteroatoms. The Morgan fingerprint density at radius 2 is 2.00 bits per heavy atom. The number of anilines is 1. The van der Waals surface area contributed by atoms with Gasteiger partial charge in [-0.15, -0.1) is 24.2 Å². The summed E-state index contributed by atoms with van der Waals surface area (Å²) in [6, 6.07) is 13.9. The maximum absolute atomic E-state index is 13.8. The summed E-state index contributed by atoms with van der Waals surface area (Å²) < 4.78 is 19.3. The molecule has 2 amide bonds. The lowest BCUT2D eigenvalue weighted by molar-refractivity contribution is 0.0310. The van der Waals surface area contributed by atoms with Gasteiger partial charge in [-0.05, 0) is 23.8 Å². The first-order chi connectivity index (χ1) is 12.7. The molecule has 0 aliphatic carbocycles. The second kappa shape index (κ2) is 11.1. The number of benzene rings is 2. The van der Waals surface area contributed by atoms with E-state index in [0.717, 1.165) is 18.0 Å². The zero-order chi connectivity index (χ0) is 18.2. The SMILES string of the molecule is Cl.O=C(NCC1CNCCO1)Nc1ccccc1SCc1ccccc1F. The topological polar surface area (TPSA) is 62.4 Å². The molecular weight excluding hydrogens is 389 g/mol. The molecule has 1 aliphatic heterocycles. The van der Waals surface area contributed by atoms with Crippen LogP contribution in [0.4, 0.5) is 14.9 Å². The first kappa shape index (κ1) is 21.5. The summed E-state index contributed by atoms with van der Waals surface area (Å²) in [5, 5.41) is 8.91. The minimum Gasteiger partial charge on any atom is -0.374 e. The van der Waals surface area contributed by atoms with Crippen molar-refractivity contribution in [3.05, 3.63) is 59.9 Å². The van der Waals surface area contributed by atoms with Gasteiger partial charge in [0.05, 0.1) is 18.4 Å². The monoisotopic (exact) mass is 411 g/mol. The van der Waals surface area contributed by atoms with Crippen LogP contribution in [0.1, 0.15) is 5.56 Å². The molecule has 1 heterocycles. The van der Waals surface area contributed by atoms with E-state index in [1.807, 2.05) is 30.3 Å². The first-order valence-corrected chi connectivity index (χ1v) is 9.53. The molecule has 1 fully saturated rings. The summed E-state index contributed by atoms with van der Waals surface area (Å²) in [6.07, 6.45) is -0.0137. The maximum Gasteiger partial charge on any atom is 0.319 e. The van der Waals surface area contributed by atoms with Crippen molar-refractivity contribution in [2.75, 3.05) is 31.6 Å². The van der Waals surface area contributed by atoms with Crippen LogP contribution in [0.25, 0.3) is 0 Å². The normalized spacial score (nSPS) is 16.3. The molecule has 0 radical (unpaired) electrons. The van der Waals surface area contributed by atoms with Crippen molar-refractivity contribution in [1.29, 1.82) is 0 Å². The van der Waals surface area contributed by atoms with Gasteiger partial charge < -0.3 is 20.7 Å². The van der Waals surface area contributed by atoms with E-state index in [2.05, 4.69) is 16.0 Å². The van der Waals surface area contributed by atoms with Crippen molar-refractivity contribution in [2.45, 2.75) is 16.8 Å². The Kier molecular flexibility index (Phi) is 8.87.